The van der Waals surface area contributed by atoms with Crippen LogP contribution in [0, 0.1) is 0 Å². The van der Waals surface area contributed by atoms with Gasteiger partial charge in [0.25, 0.3) is 0 Å². The highest BCUT2D eigenvalue weighted by Gasteiger charge is 2.07. The van der Waals surface area contributed by atoms with Crippen LogP contribution in [0.4, 0.5) is 0 Å². The van der Waals surface area contributed by atoms with Crippen molar-refractivity contribution in [2.24, 2.45) is 0 Å². The summed E-state index contributed by atoms with van der Waals surface area (Å²) in [6, 6.07) is 9.00. The van der Waals surface area contributed by atoms with Crippen molar-refractivity contribution in [2.45, 2.75) is 31.2 Å². The minimum Gasteiger partial charge on any atom is -0.313 e. The summed E-state index contributed by atoms with van der Waals surface area (Å²) in [7, 11) is 0. The monoisotopic (exact) mass is 313 g/mol. The molecule has 1 aromatic carbocycles. The first-order valence-corrected chi connectivity index (χ1v) is 7.65. The van der Waals surface area contributed by atoms with Gasteiger partial charge < -0.3 is 5.32 Å². The Labute approximate surface area is 117 Å². The topological polar surface area (TPSA) is 12.0 Å². The minimum absolute atomic E-state index is 0.520. The quantitative estimate of drug-likeness (QED) is 0.588. The van der Waals surface area contributed by atoms with Crippen molar-refractivity contribution in [1.82, 2.24) is 5.32 Å². The third-order valence-electron chi connectivity index (χ3n) is 2.35. The lowest BCUT2D eigenvalue weighted by Crippen LogP contribution is -2.31. The van der Waals surface area contributed by atoms with Crippen LogP contribution in [0.25, 0.3) is 0 Å². The molecule has 0 saturated heterocycles. The number of thioether (sulfide) groups is 1. The summed E-state index contributed by atoms with van der Waals surface area (Å²) < 4.78 is 1.13. The molecule has 0 radical (unpaired) electrons. The third-order valence-corrected chi connectivity index (χ3v) is 4.06. The molecule has 0 bridgehead atoms. The average molecular weight is 314 g/mol. The molecule has 0 spiro atoms. The zero-order valence-corrected chi connectivity index (χ0v) is 12.9. The molecule has 1 N–H and O–H groups in total. The number of hydrogen-bond acceptors (Lipinski definition) is 2. The normalized spacial score (nSPS) is 12.4. The first-order valence-electron chi connectivity index (χ1n) is 5.88. The summed E-state index contributed by atoms with van der Waals surface area (Å²) in [5.41, 5.74) is 1.24. The van der Waals surface area contributed by atoms with Crippen molar-refractivity contribution in [3.63, 3.8) is 0 Å². The molecule has 1 rings (SSSR count). The van der Waals surface area contributed by atoms with Crippen molar-refractivity contribution in [3.05, 3.63) is 40.9 Å². The van der Waals surface area contributed by atoms with Gasteiger partial charge in [0.1, 0.15) is 0 Å². The molecule has 1 atom stereocenters. The van der Waals surface area contributed by atoms with Gasteiger partial charge in [0.15, 0.2) is 0 Å². The van der Waals surface area contributed by atoms with Gasteiger partial charge in [-0.25, -0.2) is 0 Å². The Morgan fingerprint density at radius 1 is 1.41 bits per heavy atom. The molecular formula is C14H20BrNS. The van der Waals surface area contributed by atoms with E-state index in [0.29, 0.717) is 6.04 Å². The van der Waals surface area contributed by atoms with Crippen LogP contribution in [-0.4, -0.2) is 18.3 Å². The molecule has 17 heavy (non-hydrogen) atoms. The Morgan fingerprint density at radius 2 is 2.06 bits per heavy atom. The number of hydrogen-bond donors (Lipinski definition) is 1. The average Bonchev–Trinajstić information content (AvgIpc) is 2.27. The molecule has 1 aromatic rings. The highest BCUT2D eigenvalue weighted by molar-refractivity contribution is 9.10. The van der Waals surface area contributed by atoms with Crippen LogP contribution in [0.2, 0.25) is 0 Å². The van der Waals surface area contributed by atoms with Gasteiger partial charge in [-0.3, -0.25) is 0 Å². The highest BCUT2D eigenvalue weighted by atomic mass is 79.9. The molecule has 3 heteroatoms. The van der Waals surface area contributed by atoms with E-state index in [1.807, 2.05) is 11.8 Å². The van der Waals surface area contributed by atoms with Crippen molar-refractivity contribution in [1.29, 1.82) is 0 Å². The fourth-order valence-corrected chi connectivity index (χ4v) is 2.85. The molecule has 0 aromatic heterocycles. The van der Waals surface area contributed by atoms with E-state index in [1.54, 1.807) is 0 Å². The molecule has 0 fully saturated rings. The zero-order chi connectivity index (χ0) is 12.7. The van der Waals surface area contributed by atoms with Crippen LogP contribution in [-0.2, 0) is 0 Å². The van der Waals surface area contributed by atoms with E-state index in [-0.39, 0.29) is 0 Å². The van der Waals surface area contributed by atoms with Gasteiger partial charge in [-0.2, -0.15) is 0 Å². The van der Waals surface area contributed by atoms with Crippen molar-refractivity contribution in [2.75, 3.05) is 12.3 Å². The maximum Gasteiger partial charge on any atom is 0.0198 e. The first kappa shape index (κ1) is 14.8. The fourth-order valence-electron chi connectivity index (χ4n) is 1.63. The van der Waals surface area contributed by atoms with Crippen LogP contribution in [0.15, 0.2) is 45.8 Å². The maximum atomic E-state index is 3.99. The second-order valence-electron chi connectivity index (χ2n) is 4.18. The molecule has 0 saturated carbocycles. The molecule has 0 amide bonds. The highest BCUT2D eigenvalue weighted by Crippen LogP contribution is 2.22. The van der Waals surface area contributed by atoms with Crippen LogP contribution in [0.3, 0.4) is 0 Å². The minimum atomic E-state index is 0.520. The van der Waals surface area contributed by atoms with Crippen LogP contribution in [0.1, 0.15) is 20.3 Å². The molecule has 0 aliphatic heterocycles. The summed E-state index contributed by atoms with van der Waals surface area (Å²) in [4.78, 5) is 1.32. The predicted molar refractivity (Wildman–Crippen MR) is 81.8 cm³/mol. The van der Waals surface area contributed by atoms with Gasteiger partial charge in [0, 0.05) is 21.2 Å². The molecule has 1 unspecified atom stereocenters. The molecule has 1 nitrogen and oxygen atoms in total. The second-order valence-corrected chi connectivity index (χ2v) is 6.19. The number of nitrogens with one attached hydrogen (secondary N) is 1. The van der Waals surface area contributed by atoms with E-state index >= 15 is 0 Å². The van der Waals surface area contributed by atoms with Crippen molar-refractivity contribution in [3.8, 4) is 0 Å². The molecular weight excluding hydrogens is 294 g/mol. The Hall–Kier alpha value is -0.250. The van der Waals surface area contributed by atoms with Crippen LogP contribution >= 0.6 is 27.7 Å². The number of benzene rings is 1. The Morgan fingerprint density at radius 3 is 2.59 bits per heavy atom. The third kappa shape index (κ3) is 6.29. The van der Waals surface area contributed by atoms with Gasteiger partial charge in [0.2, 0.25) is 0 Å². The fraction of sp³-hybridized carbons (Fsp3) is 0.429. The lowest BCUT2D eigenvalue weighted by atomic mass is 10.1. The number of halogens is 1. The van der Waals surface area contributed by atoms with E-state index < -0.39 is 0 Å². The largest absolute Gasteiger partial charge is 0.313 e. The van der Waals surface area contributed by atoms with E-state index in [1.165, 1.54) is 10.5 Å². The van der Waals surface area contributed by atoms with Gasteiger partial charge >= 0.3 is 0 Å². The van der Waals surface area contributed by atoms with E-state index in [4.69, 9.17) is 0 Å². The van der Waals surface area contributed by atoms with Crippen molar-refractivity contribution < 1.29 is 0 Å². The summed E-state index contributed by atoms with van der Waals surface area (Å²) in [6.07, 6.45) is 1.05. The van der Waals surface area contributed by atoms with Crippen LogP contribution in [0.5, 0.6) is 0 Å². The summed E-state index contributed by atoms with van der Waals surface area (Å²) >= 11 is 5.34. The first-order chi connectivity index (χ1) is 8.11. The van der Waals surface area contributed by atoms with E-state index in [0.717, 1.165) is 23.2 Å². The standard InChI is InChI=1S/C14H20BrNS/c1-4-16-13(9-11(2)3)10-17-14-7-5-12(15)6-8-14/h5-8,13,16H,2,4,9-10H2,1,3H3. The van der Waals surface area contributed by atoms with Crippen molar-refractivity contribution >= 4 is 27.7 Å². The molecule has 0 aliphatic carbocycles. The lowest BCUT2D eigenvalue weighted by molar-refractivity contribution is 0.571. The second kappa shape index (κ2) is 7.96. The summed E-state index contributed by atoms with van der Waals surface area (Å²) in [6.45, 7) is 9.24. The van der Waals surface area contributed by atoms with Gasteiger partial charge in [-0.05, 0) is 44.2 Å². The van der Waals surface area contributed by atoms with Gasteiger partial charge in [-0.15, -0.1) is 18.3 Å². The maximum absolute atomic E-state index is 3.99. The SMILES string of the molecule is C=C(C)CC(CSc1ccc(Br)cc1)NCC. The van der Waals surface area contributed by atoms with E-state index in [9.17, 15) is 0 Å². The Bertz CT molecular complexity index is 348. The number of rotatable bonds is 7. The smallest absolute Gasteiger partial charge is 0.0198 e. The summed E-state index contributed by atoms with van der Waals surface area (Å²) in [5.74, 6) is 1.09. The van der Waals surface area contributed by atoms with Gasteiger partial charge in [0.05, 0.1) is 0 Å². The predicted octanol–water partition coefficient (Wildman–Crippen LogP) is 4.49. The summed E-state index contributed by atoms with van der Waals surface area (Å²) in [5, 5.41) is 3.50. The molecule has 94 valence electrons. The Kier molecular flexibility index (Phi) is 6.93. The zero-order valence-electron chi connectivity index (χ0n) is 10.5. The Balaban J connectivity index is 2.45. The van der Waals surface area contributed by atoms with E-state index in [2.05, 4.69) is 65.9 Å². The van der Waals surface area contributed by atoms with Crippen LogP contribution < -0.4 is 5.32 Å². The molecule has 0 heterocycles. The molecule has 0 aliphatic rings. The van der Waals surface area contributed by atoms with Gasteiger partial charge in [-0.1, -0.05) is 28.4 Å². The lowest BCUT2D eigenvalue weighted by Gasteiger charge is -2.17.